The molecule has 0 saturated heterocycles. The number of aromatic nitrogens is 1. The molecule has 1 spiro atoms. The zero-order valence-electron chi connectivity index (χ0n) is 20.8. The van der Waals surface area contributed by atoms with Crippen molar-refractivity contribution in [1.82, 2.24) is 4.98 Å². The highest BCUT2D eigenvalue weighted by Crippen LogP contribution is 2.56. The Labute approximate surface area is 215 Å². The molecule has 2 saturated carbocycles. The Morgan fingerprint density at radius 3 is 2.19 bits per heavy atom. The van der Waals surface area contributed by atoms with Crippen LogP contribution in [0.25, 0.3) is 11.1 Å². The standard InChI is InChI=1S/C31H32F3NO2/c32-31(33,34)22-13-11-21(12-14-22)29(37)27-25(19-7-2-1-3-8-19)26-23(35-28(27)20-9-4-5-10-20)17-30(15-6-16-30)18-24(26)36/h1-3,7-8,11-14,20,24,29,36-37H,4-6,9-10,15-18H2/t24-,29-/m0/s1. The number of hydrogen-bond donors (Lipinski definition) is 2. The number of hydrogen-bond acceptors (Lipinski definition) is 3. The van der Waals surface area contributed by atoms with Crippen LogP contribution in [-0.4, -0.2) is 15.2 Å². The van der Waals surface area contributed by atoms with Crippen LogP contribution >= 0.6 is 0 Å². The van der Waals surface area contributed by atoms with Crippen molar-refractivity contribution in [1.29, 1.82) is 0 Å². The number of aliphatic hydroxyl groups is 2. The third-order valence-corrected chi connectivity index (χ3v) is 8.93. The zero-order valence-corrected chi connectivity index (χ0v) is 20.8. The summed E-state index contributed by atoms with van der Waals surface area (Å²) in [5, 5.41) is 23.3. The lowest BCUT2D eigenvalue weighted by molar-refractivity contribution is -0.137. The van der Waals surface area contributed by atoms with Gasteiger partial charge in [-0.2, -0.15) is 13.2 Å². The fraction of sp³-hybridized carbons (Fsp3) is 0.452. The molecule has 1 heterocycles. The van der Waals surface area contributed by atoms with Gasteiger partial charge >= 0.3 is 6.18 Å². The molecule has 0 aliphatic heterocycles. The van der Waals surface area contributed by atoms with Gasteiger partial charge in [0.05, 0.1) is 17.4 Å². The summed E-state index contributed by atoms with van der Waals surface area (Å²) >= 11 is 0. The van der Waals surface area contributed by atoms with E-state index < -0.39 is 23.9 Å². The van der Waals surface area contributed by atoms with Gasteiger partial charge in [0.1, 0.15) is 6.10 Å². The van der Waals surface area contributed by atoms with Crippen molar-refractivity contribution in [2.75, 3.05) is 0 Å². The molecule has 1 aromatic heterocycles. The van der Waals surface area contributed by atoms with Crippen molar-refractivity contribution in [3.63, 3.8) is 0 Å². The predicted molar refractivity (Wildman–Crippen MR) is 136 cm³/mol. The topological polar surface area (TPSA) is 53.4 Å². The summed E-state index contributed by atoms with van der Waals surface area (Å²) in [5.41, 5.74) is 4.67. The summed E-state index contributed by atoms with van der Waals surface area (Å²) < 4.78 is 39.7. The first-order chi connectivity index (χ1) is 17.8. The summed E-state index contributed by atoms with van der Waals surface area (Å²) in [7, 11) is 0. The maximum atomic E-state index is 13.2. The molecule has 2 fully saturated rings. The average Bonchev–Trinajstić information content (AvgIpc) is 3.41. The van der Waals surface area contributed by atoms with Gasteiger partial charge in [0, 0.05) is 22.7 Å². The van der Waals surface area contributed by atoms with Gasteiger partial charge in [-0.1, -0.05) is 61.7 Å². The van der Waals surface area contributed by atoms with Crippen molar-refractivity contribution in [2.24, 2.45) is 5.41 Å². The Morgan fingerprint density at radius 2 is 1.59 bits per heavy atom. The molecule has 0 radical (unpaired) electrons. The van der Waals surface area contributed by atoms with Gasteiger partial charge in [-0.3, -0.25) is 4.98 Å². The maximum Gasteiger partial charge on any atom is 0.416 e. The smallest absolute Gasteiger partial charge is 0.388 e. The molecule has 3 aromatic rings. The number of halogens is 3. The van der Waals surface area contributed by atoms with Gasteiger partial charge in [-0.25, -0.2) is 0 Å². The minimum Gasteiger partial charge on any atom is -0.388 e. The van der Waals surface area contributed by atoms with Gasteiger partial charge in [-0.05, 0) is 72.8 Å². The molecule has 6 rings (SSSR count). The van der Waals surface area contributed by atoms with Gasteiger partial charge in [-0.15, -0.1) is 0 Å². The first-order valence-corrected chi connectivity index (χ1v) is 13.4. The highest BCUT2D eigenvalue weighted by molar-refractivity contribution is 5.75. The van der Waals surface area contributed by atoms with Crippen LogP contribution in [0.4, 0.5) is 13.2 Å². The Hall–Kier alpha value is -2.70. The Morgan fingerprint density at radius 1 is 0.919 bits per heavy atom. The van der Waals surface area contributed by atoms with Crippen LogP contribution in [0.3, 0.4) is 0 Å². The minimum absolute atomic E-state index is 0.105. The quantitative estimate of drug-likeness (QED) is 0.381. The van der Waals surface area contributed by atoms with Gasteiger partial charge in [0.25, 0.3) is 0 Å². The largest absolute Gasteiger partial charge is 0.416 e. The van der Waals surface area contributed by atoms with E-state index in [9.17, 15) is 23.4 Å². The van der Waals surface area contributed by atoms with Crippen molar-refractivity contribution in [3.8, 4) is 11.1 Å². The van der Waals surface area contributed by atoms with Gasteiger partial charge in [0.2, 0.25) is 0 Å². The SMILES string of the molecule is O[C@@H](c1ccc(C(F)(F)F)cc1)c1c(C2CCCC2)nc2c(c1-c1ccccc1)[C@@H](O)CC1(CCC1)C2. The summed E-state index contributed by atoms with van der Waals surface area (Å²) in [6.07, 6.45) is 2.72. The van der Waals surface area contributed by atoms with E-state index >= 15 is 0 Å². The summed E-state index contributed by atoms with van der Waals surface area (Å²) in [6, 6.07) is 14.5. The first-order valence-electron chi connectivity index (χ1n) is 13.4. The Kier molecular flexibility index (Phi) is 6.15. The third-order valence-electron chi connectivity index (χ3n) is 8.93. The molecule has 2 aromatic carbocycles. The monoisotopic (exact) mass is 507 g/mol. The molecule has 2 atom stereocenters. The highest BCUT2D eigenvalue weighted by atomic mass is 19.4. The molecule has 6 heteroatoms. The number of alkyl halides is 3. The molecule has 3 nitrogen and oxygen atoms in total. The second kappa shape index (κ2) is 9.25. The number of nitrogens with zero attached hydrogens (tertiary/aromatic N) is 1. The number of aliphatic hydroxyl groups excluding tert-OH is 2. The molecular weight excluding hydrogens is 475 g/mol. The van der Waals surface area contributed by atoms with Gasteiger partial charge in [0.15, 0.2) is 0 Å². The number of benzene rings is 2. The van der Waals surface area contributed by atoms with E-state index in [0.29, 0.717) is 17.5 Å². The van der Waals surface area contributed by atoms with Crippen molar-refractivity contribution < 1.29 is 23.4 Å². The van der Waals surface area contributed by atoms with Gasteiger partial charge < -0.3 is 10.2 Å². The van der Waals surface area contributed by atoms with Crippen LogP contribution < -0.4 is 0 Å². The van der Waals surface area contributed by atoms with E-state index in [1.165, 1.54) is 18.6 Å². The molecule has 37 heavy (non-hydrogen) atoms. The molecule has 0 bridgehead atoms. The second-order valence-corrected chi connectivity index (χ2v) is 11.3. The number of fused-ring (bicyclic) bond motifs is 1. The molecular formula is C31H32F3NO2. The molecule has 3 aliphatic carbocycles. The van der Waals surface area contributed by atoms with Crippen LogP contribution in [-0.2, 0) is 12.6 Å². The Bertz CT molecular complexity index is 1280. The highest BCUT2D eigenvalue weighted by Gasteiger charge is 2.46. The lowest BCUT2D eigenvalue weighted by Crippen LogP contribution is -2.38. The lowest BCUT2D eigenvalue weighted by Gasteiger charge is -2.47. The van der Waals surface area contributed by atoms with Crippen LogP contribution in [0.5, 0.6) is 0 Å². The Balaban J connectivity index is 1.57. The third kappa shape index (κ3) is 4.38. The minimum atomic E-state index is -4.44. The van der Waals surface area contributed by atoms with Crippen molar-refractivity contribution in [2.45, 2.75) is 82.1 Å². The van der Waals surface area contributed by atoms with E-state index in [4.69, 9.17) is 4.98 Å². The van der Waals surface area contributed by atoms with E-state index in [-0.39, 0.29) is 11.3 Å². The van der Waals surface area contributed by atoms with Crippen LogP contribution in [0.15, 0.2) is 54.6 Å². The second-order valence-electron chi connectivity index (χ2n) is 11.3. The number of rotatable bonds is 4. The summed E-state index contributed by atoms with van der Waals surface area (Å²) in [5.74, 6) is 0.184. The predicted octanol–water partition coefficient (Wildman–Crippen LogP) is 7.66. The molecule has 194 valence electrons. The van der Waals surface area contributed by atoms with E-state index in [0.717, 1.165) is 85.2 Å². The van der Waals surface area contributed by atoms with E-state index in [1.54, 1.807) is 0 Å². The number of pyridine rings is 1. The molecule has 3 aliphatic rings. The fourth-order valence-electron chi connectivity index (χ4n) is 6.90. The van der Waals surface area contributed by atoms with Crippen LogP contribution in [0.1, 0.15) is 103 Å². The maximum absolute atomic E-state index is 13.2. The van der Waals surface area contributed by atoms with Crippen molar-refractivity contribution in [3.05, 3.63) is 88.2 Å². The van der Waals surface area contributed by atoms with Crippen LogP contribution in [0.2, 0.25) is 0 Å². The lowest BCUT2D eigenvalue weighted by atomic mass is 9.59. The molecule has 2 N–H and O–H groups in total. The molecule has 0 unspecified atom stereocenters. The fourth-order valence-corrected chi connectivity index (χ4v) is 6.90. The first kappa shape index (κ1) is 24.6. The summed E-state index contributed by atoms with van der Waals surface area (Å²) in [6.45, 7) is 0. The zero-order chi connectivity index (χ0) is 25.8. The summed E-state index contributed by atoms with van der Waals surface area (Å²) in [4.78, 5) is 5.21. The van der Waals surface area contributed by atoms with E-state index in [1.807, 2.05) is 30.3 Å². The molecule has 0 amide bonds. The van der Waals surface area contributed by atoms with E-state index in [2.05, 4.69) is 0 Å². The van der Waals surface area contributed by atoms with Crippen LogP contribution in [0, 0.1) is 5.41 Å². The average molecular weight is 508 g/mol. The van der Waals surface area contributed by atoms with Crippen molar-refractivity contribution >= 4 is 0 Å². The normalized spacial score (nSPS) is 22.0.